The maximum Gasteiger partial charge on any atom is 0.284 e. The van der Waals surface area contributed by atoms with E-state index in [-0.39, 0.29) is 23.3 Å². The van der Waals surface area contributed by atoms with Gasteiger partial charge >= 0.3 is 0 Å². The van der Waals surface area contributed by atoms with E-state index in [2.05, 4.69) is 0 Å². The van der Waals surface area contributed by atoms with Crippen molar-refractivity contribution in [2.24, 2.45) is 11.8 Å². The van der Waals surface area contributed by atoms with Crippen LogP contribution in [0.1, 0.15) is 33.7 Å². The summed E-state index contributed by atoms with van der Waals surface area (Å²) in [4.78, 5) is 41.0. The maximum atomic E-state index is 13.7. The summed E-state index contributed by atoms with van der Waals surface area (Å²) in [6.45, 7) is 0.124. The summed E-state index contributed by atoms with van der Waals surface area (Å²) in [5.74, 6) is -2.96. The van der Waals surface area contributed by atoms with E-state index in [4.69, 9.17) is 0 Å². The van der Waals surface area contributed by atoms with Gasteiger partial charge in [-0.3, -0.25) is 24.6 Å². The van der Waals surface area contributed by atoms with Crippen LogP contribution in [0.3, 0.4) is 0 Å². The molecular formula is C25H18N2O4. The van der Waals surface area contributed by atoms with Crippen molar-refractivity contribution in [2.45, 2.75) is 18.0 Å². The largest absolute Gasteiger partial charge is 0.284 e. The summed E-state index contributed by atoms with van der Waals surface area (Å²) in [5, 5.41) is 12.8. The molecule has 1 saturated heterocycles. The molecule has 6 nitrogen and oxygen atoms in total. The van der Waals surface area contributed by atoms with Gasteiger partial charge in [-0.2, -0.15) is 0 Å². The molecule has 3 aromatic carbocycles. The Balaban J connectivity index is 1.61. The summed E-state index contributed by atoms with van der Waals surface area (Å²) < 4.78 is 0. The van der Waals surface area contributed by atoms with Crippen LogP contribution in [0.2, 0.25) is 0 Å². The fourth-order valence-electron chi connectivity index (χ4n) is 6.02. The minimum atomic E-state index is -1.76. The molecule has 3 aliphatic carbocycles. The summed E-state index contributed by atoms with van der Waals surface area (Å²) in [6, 6.07) is 23.7. The van der Waals surface area contributed by atoms with Crippen molar-refractivity contribution in [1.29, 1.82) is 0 Å². The molecule has 1 aliphatic heterocycles. The second-order valence-electron chi connectivity index (χ2n) is 8.43. The van der Waals surface area contributed by atoms with Gasteiger partial charge in [-0.15, -0.1) is 0 Å². The minimum absolute atomic E-state index is 0.124. The number of likely N-dealkylation sites (tertiary alicyclic amines) is 1. The Labute approximate surface area is 178 Å². The number of rotatable bonds is 3. The van der Waals surface area contributed by atoms with Crippen LogP contribution in [-0.2, 0) is 21.7 Å². The van der Waals surface area contributed by atoms with E-state index < -0.39 is 23.3 Å². The van der Waals surface area contributed by atoms with Crippen molar-refractivity contribution in [3.63, 3.8) is 0 Å². The number of carbonyl (C=O) groups is 2. The third kappa shape index (κ3) is 2.06. The maximum absolute atomic E-state index is 13.7. The van der Waals surface area contributed by atoms with Gasteiger partial charge < -0.3 is 0 Å². The summed E-state index contributed by atoms with van der Waals surface area (Å²) >= 11 is 0. The van der Waals surface area contributed by atoms with Crippen LogP contribution < -0.4 is 0 Å². The third-order valence-corrected chi connectivity index (χ3v) is 7.14. The molecule has 1 fully saturated rings. The number of imide groups is 1. The lowest BCUT2D eigenvalue weighted by Gasteiger charge is -2.48. The van der Waals surface area contributed by atoms with Crippen molar-refractivity contribution in [2.75, 3.05) is 0 Å². The van der Waals surface area contributed by atoms with Crippen molar-refractivity contribution in [1.82, 2.24) is 4.90 Å². The van der Waals surface area contributed by atoms with Crippen LogP contribution in [-0.4, -0.2) is 21.6 Å². The molecule has 0 aromatic heterocycles. The highest BCUT2D eigenvalue weighted by Gasteiger charge is 2.74. The van der Waals surface area contributed by atoms with Gasteiger partial charge in [0.2, 0.25) is 11.8 Å². The second kappa shape index (κ2) is 6.11. The SMILES string of the molecule is O=C1[C@H]2C3c4ccccc4C([N+](=O)[O-])(c4ccccc43)[C@H]2C(=O)N1Cc1ccccc1. The Morgan fingerprint density at radius 3 is 1.94 bits per heavy atom. The molecule has 0 N–H and O–H groups in total. The molecule has 2 atom stereocenters. The van der Waals surface area contributed by atoms with Crippen LogP contribution >= 0.6 is 0 Å². The Morgan fingerprint density at radius 2 is 1.35 bits per heavy atom. The fraction of sp³-hybridized carbons (Fsp3) is 0.200. The first-order valence-electron chi connectivity index (χ1n) is 10.3. The highest BCUT2D eigenvalue weighted by molar-refractivity contribution is 6.08. The zero-order chi connectivity index (χ0) is 21.3. The number of hydrogen-bond acceptors (Lipinski definition) is 4. The van der Waals surface area contributed by atoms with E-state index >= 15 is 0 Å². The lowest BCUT2D eigenvalue weighted by Crippen LogP contribution is -2.57. The van der Waals surface area contributed by atoms with E-state index in [1.807, 2.05) is 54.6 Å². The minimum Gasteiger partial charge on any atom is -0.277 e. The van der Waals surface area contributed by atoms with Crippen LogP contribution in [0.4, 0.5) is 0 Å². The lowest BCUT2D eigenvalue weighted by atomic mass is 9.51. The van der Waals surface area contributed by atoms with Crippen LogP contribution in [0.15, 0.2) is 78.9 Å². The molecule has 3 aromatic rings. The first-order chi connectivity index (χ1) is 15.1. The predicted molar refractivity (Wildman–Crippen MR) is 111 cm³/mol. The average Bonchev–Trinajstić information content (AvgIpc) is 3.05. The predicted octanol–water partition coefficient (Wildman–Crippen LogP) is 3.47. The van der Waals surface area contributed by atoms with Crippen molar-refractivity contribution in [3.05, 3.63) is 117 Å². The Kier molecular flexibility index (Phi) is 3.55. The van der Waals surface area contributed by atoms with E-state index in [9.17, 15) is 19.7 Å². The molecule has 7 rings (SSSR count). The highest BCUT2D eigenvalue weighted by atomic mass is 16.6. The van der Waals surface area contributed by atoms with Gasteiger partial charge in [-0.1, -0.05) is 78.9 Å². The van der Waals surface area contributed by atoms with Gasteiger partial charge in [0.05, 0.1) is 12.5 Å². The van der Waals surface area contributed by atoms with Crippen LogP contribution in [0.5, 0.6) is 0 Å². The molecule has 2 amide bonds. The average molecular weight is 410 g/mol. The molecule has 0 radical (unpaired) electrons. The molecule has 0 unspecified atom stereocenters. The normalized spacial score (nSPS) is 27.6. The van der Waals surface area contributed by atoms with Crippen molar-refractivity contribution < 1.29 is 14.5 Å². The molecule has 4 aliphatic rings. The standard InChI is InChI=1S/C25H18N2O4/c28-23-21-20-16-10-4-6-12-18(16)25(27(30)31,19-13-7-5-11-17(19)20)22(21)24(29)26(23)14-15-8-2-1-3-9-15/h1-13,20-22H,14H2/t20?,21-,22+,25?/m0/s1. The van der Waals surface area contributed by atoms with Gasteiger partial charge in [0.15, 0.2) is 0 Å². The smallest absolute Gasteiger partial charge is 0.277 e. The van der Waals surface area contributed by atoms with Crippen molar-refractivity contribution >= 4 is 11.8 Å². The zero-order valence-corrected chi connectivity index (χ0v) is 16.5. The molecule has 1 heterocycles. The number of amides is 2. The quantitative estimate of drug-likeness (QED) is 0.376. The van der Waals surface area contributed by atoms with E-state index in [1.54, 1.807) is 24.3 Å². The van der Waals surface area contributed by atoms with E-state index in [0.29, 0.717) is 11.1 Å². The Morgan fingerprint density at radius 1 is 0.806 bits per heavy atom. The summed E-state index contributed by atoms with van der Waals surface area (Å²) in [5.41, 5.74) is 1.69. The summed E-state index contributed by atoms with van der Waals surface area (Å²) in [7, 11) is 0. The number of benzene rings is 3. The Hall–Kier alpha value is -3.80. The first kappa shape index (κ1) is 18.0. The van der Waals surface area contributed by atoms with E-state index in [1.165, 1.54) is 4.90 Å². The molecule has 6 heteroatoms. The highest BCUT2D eigenvalue weighted by Crippen LogP contribution is 2.64. The topological polar surface area (TPSA) is 80.5 Å². The van der Waals surface area contributed by atoms with E-state index in [0.717, 1.165) is 16.7 Å². The third-order valence-electron chi connectivity index (χ3n) is 7.14. The molecule has 31 heavy (non-hydrogen) atoms. The number of carbonyl (C=O) groups excluding carboxylic acids is 2. The van der Waals surface area contributed by atoms with Gasteiger partial charge in [-0.05, 0) is 16.7 Å². The van der Waals surface area contributed by atoms with Gasteiger partial charge in [0.25, 0.3) is 5.54 Å². The number of hydrogen-bond donors (Lipinski definition) is 0. The number of nitro groups is 1. The van der Waals surface area contributed by atoms with Crippen molar-refractivity contribution in [3.8, 4) is 0 Å². The Bertz CT molecular complexity index is 1220. The second-order valence-corrected chi connectivity index (χ2v) is 8.43. The molecule has 2 bridgehead atoms. The van der Waals surface area contributed by atoms with Crippen LogP contribution in [0, 0.1) is 22.0 Å². The molecular weight excluding hydrogens is 392 g/mol. The molecule has 152 valence electrons. The van der Waals surface area contributed by atoms with Gasteiger partial charge in [0.1, 0.15) is 5.92 Å². The molecule has 0 saturated carbocycles. The summed E-state index contributed by atoms with van der Waals surface area (Å²) in [6.07, 6.45) is 0. The van der Waals surface area contributed by atoms with Crippen LogP contribution in [0.25, 0.3) is 0 Å². The van der Waals surface area contributed by atoms with Gasteiger partial charge in [0, 0.05) is 22.0 Å². The first-order valence-corrected chi connectivity index (χ1v) is 10.3. The fourth-order valence-corrected chi connectivity index (χ4v) is 6.02. The number of nitrogens with zero attached hydrogens (tertiary/aromatic N) is 2. The lowest BCUT2D eigenvalue weighted by molar-refractivity contribution is -0.578. The van der Waals surface area contributed by atoms with Gasteiger partial charge in [-0.25, -0.2) is 0 Å². The zero-order valence-electron chi connectivity index (χ0n) is 16.5. The molecule has 0 spiro atoms. The monoisotopic (exact) mass is 410 g/mol.